The quantitative estimate of drug-likeness (QED) is 0.483. The topological polar surface area (TPSA) is 47.6 Å². The van der Waals surface area contributed by atoms with Gasteiger partial charge in [-0.25, -0.2) is 0 Å². The number of rotatable bonds is 6. The maximum atomic E-state index is 12.6. The van der Waals surface area contributed by atoms with E-state index in [1.54, 1.807) is 37.3 Å². The fourth-order valence-electron chi connectivity index (χ4n) is 2.31. The maximum absolute atomic E-state index is 12.6. The molecule has 3 rings (SSSR count). The Bertz CT molecular complexity index is 916. The molecular weight excluding hydrogens is 430 g/mol. The zero-order valence-corrected chi connectivity index (χ0v) is 16.8. The molecule has 0 aliphatic heterocycles. The average molecular weight is 447 g/mol. The second kappa shape index (κ2) is 8.93. The van der Waals surface area contributed by atoms with Gasteiger partial charge in [-0.3, -0.25) is 4.79 Å². The third kappa shape index (κ3) is 5.49. The molecule has 0 bridgehead atoms. The van der Waals surface area contributed by atoms with Gasteiger partial charge in [0.25, 0.3) is 5.91 Å². The fraction of sp³-hybridized carbons (Fsp3) is 0.0952. The second-order valence-corrected chi connectivity index (χ2v) is 7.11. The summed E-state index contributed by atoms with van der Waals surface area (Å²) in [4.78, 5) is 12.6. The van der Waals surface area contributed by atoms with Gasteiger partial charge in [0.15, 0.2) is 11.9 Å². The van der Waals surface area contributed by atoms with Gasteiger partial charge in [0.05, 0.1) is 5.69 Å². The lowest BCUT2D eigenvalue weighted by Crippen LogP contribution is -2.30. The highest BCUT2D eigenvalue weighted by atomic mass is 79.9. The average Bonchev–Trinajstić information content (AvgIpc) is 2.66. The zero-order chi connectivity index (χ0) is 19.2. The molecule has 27 heavy (non-hydrogen) atoms. The van der Waals surface area contributed by atoms with Gasteiger partial charge in [-0.05, 0) is 61.5 Å². The normalized spacial score (nSPS) is 11.5. The molecule has 0 radical (unpaired) electrons. The Hall–Kier alpha value is -2.50. The van der Waals surface area contributed by atoms with Gasteiger partial charge in [-0.15, -0.1) is 0 Å². The fourth-order valence-corrected chi connectivity index (χ4v) is 2.75. The van der Waals surface area contributed by atoms with Crippen LogP contribution >= 0.6 is 27.5 Å². The number of halogens is 2. The van der Waals surface area contributed by atoms with Crippen molar-refractivity contribution in [2.45, 2.75) is 13.0 Å². The third-order valence-corrected chi connectivity index (χ3v) is 4.43. The SMILES string of the molecule is CC(Oc1ccc(Br)cc1)C(=O)Nc1cc(Cl)ccc1Oc1ccccc1. The molecule has 0 aliphatic rings. The molecule has 0 aromatic heterocycles. The minimum Gasteiger partial charge on any atom is -0.481 e. The lowest BCUT2D eigenvalue weighted by atomic mass is 10.2. The number of ether oxygens (including phenoxy) is 2. The van der Waals surface area contributed by atoms with Crippen molar-refractivity contribution in [1.29, 1.82) is 0 Å². The smallest absolute Gasteiger partial charge is 0.265 e. The third-order valence-electron chi connectivity index (χ3n) is 3.67. The van der Waals surface area contributed by atoms with E-state index >= 15 is 0 Å². The summed E-state index contributed by atoms with van der Waals surface area (Å²) < 4.78 is 12.5. The molecule has 1 N–H and O–H groups in total. The summed E-state index contributed by atoms with van der Waals surface area (Å²) in [5.74, 6) is 1.45. The highest BCUT2D eigenvalue weighted by molar-refractivity contribution is 9.10. The molecule has 1 unspecified atom stereocenters. The van der Waals surface area contributed by atoms with Crippen LogP contribution in [0.2, 0.25) is 5.02 Å². The first-order chi connectivity index (χ1) is 13.0. The Labute approximate surface area is 171 Å². The summed E-state index contributed by atoms with van der Waals surface area (Å²) in [6.07, 6.45) is -0.699. The van der Waals surface area contributed by atoms with E-state index in [1.807, 2.05) is 42.5 Å². The molecule has 0 aliphatic carbocycles. The number of carbonyl (C=O) groups excluding carboxylic acids is 1. The van der Waals surface area contributed by atoms with Crippen molar-refractivity contribution in [2.75, 3.05) is 5.32 Å². The number of para-hydroxylation sites is 1. The van der Waals surface area contributed by atoms with E-state index in [1.165, 1.54) is 0 Å². The zero-order valence-electron chi connectivity index (χ0n) is 14.5. The van der Waals surface area contributed by atoms with E-state index in [2.05, 4.69) is 21.2 Å². The van der Waals surface area contributed by atoms with Crippen molar-refractivity contribution in [1.82, 2.24) is 0 Å². The van der Waals surface area contributed by atoms with Crippen LogP contribution in [0.15, 0.2) is 77.3 Å². The van der Waals surface area contributed by atoms with Gasteiger partial charge in [0.1, 0.15) is 11.5 Å². The van der Waals surface area contributed by atoms with E-state index in [0.29, 0.717) is 28.0 Å². The standard InChI is InChI=1S/C21H17BrClNO3/c1-14(26-18-10-7-15(22)8-11-18)21(25)24-19-13-16(23)9-12-20(19)27-17-5-3-2-4-6-17/h2-14H,1H3,(H,24,25). The predicted octanol–water partition coefficient (Wildman–Crippen LogP) is 6.30. The van der Waals surface area contributed by atoms with Gasteiger partial charge < -0.3 is 14.8 Å². The van der Waals surface area contributed by atoms with Gasteiger partial charge in [-0.2, -0.15) is 0 Å². The highest BCUT2D eigenvalue weighted by Crippen LogP contribution is 2.32. The molecule has 0 heterocycles. The first-order valence-corrected chi connectivity index (χ1v) is 9.44. The van der Waals surface area contributed by atoms with Crippen LogP contribution in [-0.4, -0.2) is 12.0 Å². The number of benzene rings is 3. The van der Waals surface area contributed by atoms with Crippen LogP contribution in [-0.2, 0) is 4.79 Å². The van der Waals surface area contributed by atoms with Crippen molar-refractivity contribution in [3.63, 3.8) is 0 Å². The highest BCUT2D eigenvalue weighted by Gasteiger charge is 2.17. The lowest BCUT2D eigenvalue weighted by Gasteiger charge is -2.17. The minimum absolute atomic E-state index is 0.307. The van der Waals surface area contributed by atoms with Gasteiger partial charge in [0.2, 0.25) is 0 Å². The summed E-state index contributed by atoms with van der Waals surface area (Å²) in [5.41, 5.74) is 0.475. The van der Waals surface area contributed by atoms with E-state index < -0.39 is 6.10 Å². The summed E-state index contributed by atoms with van der Waals surface area (Å²) >= 11 is 9.45. The Morgan fingerprint density at radius 3 is 2.41 bits per heavy atom. The molecule has 1 amide bonds. The monoisotopic (exact) mass is 445 g/mol. The van der Waals surface area contributed by atoms with Gasteiger partial charge in [-0.1, -0.05) is 45.7 Å². The summed E-state index contributed by atoms with van der Waals surface area (Å²) in [5, 5.41) is 3.31. The molecule has 3 aromatic carbocycles. The van der Waals surface area contributed by atoms with Crippen molar-refractivity contribution in [3.8, 4) is 17.2 Å². The van der Waals surface area contributed by atoms with Crippen molar-refractivity contribution < 1.29 is 14.3 Å². The van der Waals surface area contributed by atoms with Crippen molar-refractivity contribution >= 4 is 39.1 Å². The van der Waals surface area contributed by atoms with Gasteiger partial charge >= 0.3 is 0 Å². The van der Waals surface area contributed by atoms with Crippen LogP contribution in [0, 0.1) is 0 Å². The maximum Gasteiger partial charge on any atom is 0.265 e. The largest absolute Gasteiger partial charge is 0.481 e. The summed E-state index contributed by atoms with van der Waals surface area (Å²) in [6, 6.07) is 21.7. The Kier molecular flexibility index (Phi) is 6.37. The molecule has 3 aromatic rings. The first kappa shape index (κ1) is 19.3. The van der Waals surface area contributed by atoms with Crippen LogP contribution in [0.1, 0.15) is 6.92 Å². The molecular formula is C21H17BrClNO3. The van der Waals surface area contributed by atoms with Crippen LogP contribution in [0.5, 0.6) is 17.2 Å². The molecule has 4 nitrogen and oxygen atoms in total. The van der Waals surface area contributed by atoms with Crippen LogP contribution in [0.3, 0.4) is 0 Å². The number of carbonyl (C=O) groups is 1. The van der Waals surface area contributed by atoms with Crippen LogP contribution in [0.25, 0.3) is 0 Å². The second-order valence-electron chi connectivity index (χ2n) is 5.76. The molecule has 0 spiro atoms. The van der Waals surface area contributed by atoms with Gasteiger partial charge in [0, 0.05) is 9.50 Å². The number of hydrogen-bond donors (Lipinski definition) is 1. The van der Waals surface area contributed by atoms with Crippen molar-refractivity contribution in [2.24, 2.45) is 0 Å². The summed E-state index contributed by atoms with van der Waals surface area (Å²) in [7, 11) is 0. The first-order valence-electron chi connectivity index (χ1n) is 8.27. The van der Waals surface area contributed by atoms with Crippen LogP contribution < -0.4 is 14.8 Å². The van der Waals surface area contributed by atoms with Crippen LogP contribution in [0.4, 0.5) is 5.69 Å². The number of amides is 1. The van der Waals surface area contributed by atoms with Crippen molar-refractivity contribution in [3.05, 3.63) is 82.3 Å². The number of hydrogen-bond acceptors (Lipinski definition) is 3. The Morgan fingerprint density at radius 2 is 1.70 bits per heavy atom. The Balaban J connectivity index is 1.72. The minimum atomic E-state index is -0.699. The molecule has 138 valence electrons. The molecule has 6 heteroatoms. The molecule has 1 atom stereocenters. The number of anilines is 1. The number of nitrogens with one attached hydrogen (secondary N) is 1. The lowest BCUT2D eigenvalue weighted by molar-refractivity contribution is -0.122. The van der Waals surface area contributed by atoms with E-state index in [0.717, 1.165) is 4.47 Å². The molecule has 0 saturated carbocycles. The summed E-state index contributed by atoms with van der Waals surface area (Å²) in [6.45, 7) is 1.68. The van der Waals surface area contributed by atoms with E-state index in [-0.39, 0.29) is 5.91 Å². The van der Waals surface area contributed by atoms with E-state index in [4.69, 9.17) is 21.1 Å². The predicted molar refractivity (Wildman–Crippen MR) is 111 cm³/mol. The van der Waals surface area contributed by atoms with E-state index in [9.17, 15) is 4.79 Å². The molecule has 0 fully saturated rings. The molecule has 0 saturated heterocycles. The Morgan fingerprint density at radius 1 is 1.00 bits per heavy atom.